The number of amides is 2. The van der Waals surface area contributed by atoms with Gasteiger partial charge in [-0.15, -0.1) is 0 Å². The van der Waals surface area contributed by atoms with Gasteiger partial charge >= 0.3 is 6.03 Å². The molecule has 118 valence electrons. The predicted molar refractivity (Wildman–Crippen MR) is 84.3 cm³/mol. The van der Waals surface area contributed by atoms with Crippen LogP contribution >= 0.6 is 0 Å². The maximum Gasteiger partial charge on any atom is 0.319 e. The first-order chi connectivity index (χ1) is 11.2. The third-order valence-corrected chi connectivity index (χ3v) is 3.22. The first-order valence-electron chi connectivity index (χ1n) is 7.09. The van der Waals surface area contributed by atoms with Crippen molar-refractivity contribution in [3.63, 3.8) is 0 Å². The van der Waals surface area contributed by atoms with Gasteiger partial charge < -0.3 is 20.2 Å². The smallest absolute Gasteiger partial charge is 0.319 e. The minimum atomic E-state index is -0.877. The number of benzene rings is 1. The van der Waals surface area contributed by atoms with E-state index in [9.17, 15) is 9.90 Å². The van der Waals surface area contributed by atoms with Gasteiger partial charge in [0.2, 0.25) is 0 Å². The Hall–Kier alpha value is -3.06. The lowest BCUT2D eigenvalue weighted by Crippen LogP contribution is -2.32. The molecule has 0 saturated carbocycles. The number of aliphatic hydroxyl groups is 1. The van der Waals surface area contributed by atoms with Crippen molar-refractivity contribution in [2.45, 2.75) is 6.10 Å². The van der Waals surface area contributed by atoms with Gasteiger partial charge in [0.05, 0.1) is 18.5 Å². The summed E-state index contributed by atoms with van der Waals surface area (Å²) in [4.78, 5) is 11.8. The summed E-state index contributed by atoms with van der Waals surface area (Å²) < 4.78 is 6.79. The van der Waals surface area contributed by atoms with Crippen LogP contribution in [0.2, 0.25) is 0 Å². The Morgan fingerprint density at radius 3 is 2.74 bits per heavy atom. The van der Waals surface area contributed by atoms with E-state index >= 15 is 0 Å². The summed E-state index contributed by atoms with van der Waals surface area (Å²) >= 11 is 0. The molecule has 23 heavy (non-hydrogen) atoms. The third-order valence-electron chi connectivity index (χ3n) is 3.22. The van der Waals surface area contributed by atoms with Crippen LogP contribution in [0.25, 0.3) is 5.69 Å². The van der Waals surface area contributed by atoms with E-state index in [-0.39, 0.29) is 6.54 Å². The summed E-state index contributed by atoms with van der Waals surface area (Å²) in [5, 5.41) is 19.2. The molecule has 1 aromatic carbocycles. The average Bonchev–Trinajstić information content (AvgIpc) is 3.26. The zero-order chi connectivity index (χ0) is 16.1. The summed E-state index contributed by atoms with van der Waals surface area (Å²) in [6.07, 6.45) is 4.13. The molecule has 0 bridgehead atoms. The number of hydrogen-bond acceptors (Lipinski definition) is 4. The van der Waals surface area contributed by atoms with E-state index in [1.807, 2.05) is 24.4 Å². The third kappa shape index (κ3) is 3.78. The number of urea groups is 1. The van der Waals surface area contributed by atoms with Crippen LogP contribution in [0, 0.1) is 0 Å². The SMILES string of the molecule is O=C(NCC(O)c1ccco1)Nc1ccc(-n2cccn2)cc1. The number of aromatic nitrogens is 2. The molecule has 1 atom stereocenters. The normalized spacial score (nSPS) is 11.9. The summed E-state index contributed by atoms with van der Waals surface area (Å²) in [6.45, 7) is 0.0602. The minimum absolute atomic E-state index is 0.0602. The summed E-state index contributed by atoms with van der Waals surface area (Å²) in [6, 6.07) is 12.0. The number of aliphatic hydroxyl groups excluding tert-OH is 1. The number of rotatable bonds is 5. The standard InChI is InChI=1S/C16H16N4O3/c21-14(15-3-1-10-23-15)11-17-16(22)19-12-4-6-13(7-5-12)20-9-2-8-18-20/h1-10,14,21H,11H2,(H2,17,19,22). The molecule has 0 aliphatic carbocycles. The zero-order valence-electron chi connectivity index (χ0n) is 12.2. The van der Waals surface area contributed by atoms with Crippen molar-refractivity contribution in [3.8, 4) is 5.69 Å². The highest BCUT2D eigenvalue weighted by molar-refractivity contribution is 5.89. The molecule has 2 amide bonds. The van der Waals surface area contributed by atoms with Gasteiger partial charge in [0.25, 0.3) is 0 Å². The number of hydrogen-bond donors (Lipinski definition) is 3. The van der Waals surface area contributed by atoms with Crippen molar-refractivity contribution in [2.75, 3.05) is 11.9 Å². The van der Waals surface area contributed by atoms with Gasteiger partial charge in [-0.05, 0) is 42.5 Å². The molecule has 0 saturated heterocycles. The monoisotopic (exact) mass is 312 g/mol. The molecule has 0 spiro atoms. The minimum Gasteiger partial charge on any atom is -0.467 e. The highest BCUT2D eigenvalue weighted by Gasteiger charge is 2.11. The van der Waals surface area contributed by atoms with E-state index in [1.54, 1.807) is 35.1 Å². The second-order valence-electron chi connectivity index (χ2n) is 4.86. The molecule has 0 fully saturated rings. The van der Waals surface area contributed by atoms with Crippen LogP contribution in [0.5, 0.6) is 0 Å². The van der Waals surface area contributed by atoms with Crippen molar-refractivity contribution in [1.82, 2.24) is 15.1 Å². The van der Waals surface area contributed by atoms with Crippen molar-refractivity contribution in [3.05, 3.63) is 66.9 Å². The molecule has 1 unspecified atom stereocenters. The fraction of sp³-hybridized carbons (Fsp3) is 0.125. The molecular formula is C16H16N4O3. The van der Waals surface area contributed by atoms with Crippen LogP contribution in [0.3, 0.4) is 0 Å². The Morgan fingerprint density at radius 2 is 2.09 bits per heavy atom. The molecule has 0 aliphatic heterocycles. The van der Waals surface area contributed by atoms with Crippen LogP contribution in [-0.4, -0.2) is 27.5 Å². The lowest BCUT2D eigenvalue weighted by atomic mass is 10.2. The summed E-state index contributed by atoms with van der Waals surface area (Å²) in [5.41, 5.74) is 1.54. The summed E-state index contributed by atoms with van der Waals surface area (Å²) in [5.74, 6) is 0.411. The fourth-order valence-electron chi connectivity index (χ4n) is 2.07. The first-order valence-corrected chi connectivity index (χ1v) is 7.09. The zero-order valence-corrected chi connectivity index (χ0v) is 12.2. The summed E-state index contributed by atoms with van der Waals surface area (Å²) in [7, 11) is 0. The van der Waals surface area contributed by atoms with Crippen LogP contribution in [0.1, 0.15) is 11.9 Å². The van der Waals surface area contributed by atoms with Crippen LogP contribution in [0.15, 0.2) is 65.5 Å². The molecule has 3 rings (SSSR count). The molecule has 3 aromatic rings. The van der Waals surface area contributed by atoms with E-state index in [2.05, 4.69) is 15.7 Å². The lowest BCUT2D eigenvalue weighted by Gasteiger charge is -2.11. The Balaban J connectivity index is 1.51. The second-order valence-corrected chi connectivity index (χ2v) is 4.86. The van der Waals surface area contributed by atoms with Gasteiger partial charge in [0.1, 0.15) is 11.9 Å². The van der Waals surface area contributed by atoms with E-state index in [1.165, 1.54) is 6.26 Å². The van der Waals surface area contributed by atoms with Crippen molar-refractivity contribution in [2.24, 2.45) is 0 Å². The molecule has 2 heterocycles. The molecule has 2 aromatic heterocycles. The molecule has 7 nitrogen and oxygen atoms in total. The number of carbonyl (C=O) groups is 1. The highest BCUT2D eigenvalue weighted by Crippen LogP contribution is 2.13. The van der Waals surface area contributed by atoms with Crippen LogP contribution in [-0.2, 0) is 0 Å². The maximum absolute atomic E-state index is 11.8. The van der Waals surface area contributed by atoms with E-state index < -0.39 is 12.1 Å². The average molecular weight is 312 g/mol. The Labute approximate surface area is 132 Å². The van der Waals surface area contributed by atoms with Gasteiger partial charge in [-0.25, -0.2) is 9.48 Å². The van der Waals surface area contributed by atoms with E-state index in [4.69, 9.17) is 4.42 Å². The number of nitrogens with zero attached hydrogens (tertiary/aromatic N) is 2. The van der Waals surface area contributed by atoms with Gasteiger partial charge in [-0.3, -0.25) is 0 Å². The molecular weight excluding hydrogens is 296 g/mol. The molecule has 3 N–H and O–H groups in total. The van der Waals surface area contributed by atoms with Gasteiger partial charge in [0.15, 0.2) is 0 Å². The molecule has 7 heteroatoms. The van der Waals surface area contributed by atoms with Crippen LogP contribution in [0.4, 0.5) is 10.5 Å². The van der Waals surface area contributed by atoms with Gasteiger partial charge in [0, 0.05) is 18.1 Å². The highest BCUT2D eigenvalue weighted by atomic mass is 16.4. The van der Waals surface area contributed by atoms with E-state index in [0.717, 1.165) is 5.69 Å². The Bertz CT molecular complexity index is 736. The number of anilines is 1. The maximum atomic E-state index is 11.8. The van der Waals surface area contributed by atoms with Gasteiger partial charge in [-0.1, -0.05) is 0 Å². The van der Waals surface area contributed by atoms with Crippen molar-refractivity contribution >= 4 is 11.7 Å². The second kappa shape index (κ2) is 6.80. The number of nitrogens with one attached hydrogen (secondary N) is 2. The molecule has 0 radical (unpaired) electrons. The molecule has 0 aliphatic rings. The quantitative estimate of drug-likeness (QED) is 0.674. The topological polar surface area (TPSA) is 92.3 Å². The lowest BCUT2D eigenvalue weighted by molar-refractivity contribution is 0.149. The van der Waals surface area contributed by atoms with Crippen LogP contribution < -0.4 is 10.6 Å². The fourth-order valence-corrected chi connectivity index (χ4v) is 2.07. The van der Waals surface area contributed by atoms with Gasteiger partial charge in [-0.2, -0.15) is 5.10 Å². The number of furan rings is 1. The van der Waals surface area contributed by atoms with E-state index in [0.29, 0.717) is 11.4 Å². The number of carbonyl (C=O) groups excluding carboxylic acids is 1. The Kier molecular flexibility index (Phi) is 4.39. The largest absolute Gasteiger partial charge is 0.467 e. The first kappa shape index (κ1) is 14.9. The predicted octanol–water partition coefficient (Wildman–Crippen LogP) is 2.32. The Morgan fingerprint density at radius 1 is 1.26 bits per heavy atom. The van der Waals surface area contributed by atoms with Crippen molar-refractivity contribution in [1.29, 1.82) is 0 Å². The van der Waals surface area contributed by atoms with Crippen molar-refractivity contribution < 1.29 is 14.3 Å².